The van der Waals surface area contributed by atoms with Crippen LogP contribution in [0.15, 0.2) is 36.9 Å². The Kier molecular flexibility index (Phi) is 5.49. The monoisotopic (exact) mass is 250 g/mol. The first-order valence-electron chi connectivity index (χ1n) is 5.54. The highest BCUT2D eigenvalue weighted by Gasteiger charge is 1.99. The number of rotatable bonds is 5. The summed E-state index contributed by atoms with van der Waals surface area (Å²) in [4.78, 5) is 0. The van der Waals surface area contributed by atoms with E-state index in [0.717, 1.165) is 11.4 Å². The van der Waals surface area contributed by atoms with Gasteiger partial charge in [0.15, 0.2) is 5.11 Å². The maximum atomic E-state index is 5.55. The van der Waals surface area contributed by atoms with E-state index in [9.17, 15) is 0 Å². The van der Waals surface area contributed by atoms with Crippen molar-refractivity contribution in [3.8, 4) is 5.75 Å². The van der Waals surface area contributed by atoms with Gasteiger partial charge in [-0.1, -0.05) is 6.08 Å². The molecule has 17 heavy (non-hydrogen) atoms. The standard InChI is InChI=1S/C13H18N2OS/c1-4-9-14-13(17)15-11-5-7-12(8-6-11)16-10(2)3/h4-8,10H,1,9H2,2-3H3,(H2,14,15,17). The first-order chi connectivity index (χ1) is 8.11. The Morgan fingerprint density at radius 1 is 1.41 bits per heavy atom. The molecule has 1 rings (SSSR count). The van der Waals surface area contributed by atoms with Crippen molar-refractivity contribution in [1.82, 2.24) is 5.32 Å². The predicted molar refractivity (Wildman–Crippen MR) is 76.6 cm³/mol. The number of hydrogen-bond acceptors (Lipinski definition) is 2. The van der Waals surface area contributed by atoms with Crippen LogP contribution in [-0.2, 0) is 0 Å². The summed E-state index contributed by atoms with van der Waals surface area (Å²) in [5, 5.41) is 6.66. The van der Waals surface area contributed by atoms with E-state index in [1.807, 2.05) is 38.1 Å². The van der Waals surface area contributed by atoms with Crippen molar-refractivity contribution < 1.29 is 4.74 Å². The first kappa shape index (κ1) is 13.5. The highest BCUT2D eigenvalue weighted by molar-refractivity contribution is 7.80. The molecule has 0 spiro atoms. The van der Waals surface area contributed by atoms with Gasteiger partial charge in [0.25, 0.3) is 0 Å². The Hall–Kier alpha value is -1.55. The van der Waals surface area contributed by atoms with Gasteiger partial charge in [0.2, 0.25) is 0 Å². The lowest BCUT2D eigenvalue weighted by molar-refractivity contribution is 0.242. The SMILES string of the molecule is C=CCNC(=S)Nc1ccc(OC(C)C)cc1. The number of benzene rings is 1. The fourth-order valence-corrected chi connectivity index (χ4v) is 1.43. The van der Waals surface area contributed by atoms with Gasteiger partial charge in [-0.3, -0.25) is 0 Å². The minimum atomic E-state index is 0.184. The van der Waals surface area contributed by atoms with Gasteiger partial charge in [0.1, 0.15) is 5.75 Å². The number of ether oxygens (including phenoxy) is 1. The second-order valence-corrected chi connectivity index (χ2v) is 4.22. The van der Waals surface area contributed by atoms with E-state index in [0.29, 0.717) is 11.7 Å². The number of anilines is 1. The maximum absolute atomic E-state index is 5.55. The molecule has 0 heterocycles. The lowest BCUT2D eigenvalue weighted by Gasteiger charge is -2.11. The summed E-state index contributed by atoms with van der Waals surface area (Å²) >= 11 is 5.10. The topological polar surface area (TPSA) is 33.3 Å². The van der Waals surface area contributed by atoms with Gasteiger partial charge in [-0.2, -0.15) is 0 Å². The Morgan fingerprint density at radius 3 is 2.59 bits per heavy atom. The lowest BCUT2D eigenvalue weighted by atomic mass is 10.3. The summed E-state index contributed by atoms with van der Waals surface area (Å²) in [6, 6.07) is 7.69. The normalized spacial score (nSPS) is 9.82. The van der Waals surface area contributed by atoms with Crippen LogP contribution in [0.5, 0.6) is 5.75 Å². The molecule has 0 aliphatic rings. The molecule has 0 aliphatic heterocycles. The third kappa shape index (κ3) is 5.36. The van der Waals surface area contributed by atoms with Crippen molar-refractivity contribution in [2.24, 2.45) is 0 Å². The van der Waals surface area contributed by atoms with Crippen LogP contribution in [0.2, 0.25) is 0 Å². The van der Waals surface area contributed by atoms with E-state index < -0.39 is 0 Å². The minimum absolute atomic E-state index is 0.184. The van der Waals surface area contributed by atoms with Crippen molar-refractivity contribution in [2.45, 2.75) is 20.0 Å². The highest BCUT2D eigenvalue weighted by Crippen LogP contribution is 2.16. The van der Waals surface area contributed by atoms with Gasteiger partial charge in [-0.15, -0.1) is 6.58 Å². The summed E-state index contributed by atoms with van der Waals surface area (Å²) in [5.74, 6) is 0.857. The smallest absolute Gasteiger partial charge is 0.171 e. The van der Waals surface area contributed by atoms with Crippen molar-refractivity contribution in [1.29, 1.82) is 0 Å². The first-order valence-corrected chi connectivity index (χ1v) is 5.95. The van der Waals surface area contributed by atoms with Gasteiger partial charge < -0.3 is 15.4 Å². The number of nitrogens with one attached hydrogen (secondary N) is 2. The fourth-order valence-electron chi connectivity index (χ4n) is 1.23. The van der Waals surface area contributed by atoms with E-state index in [4.69, 9.17) is 17.0 Å². The molecule has 0 saturated carbocycles. The van der Waals surface area contributed by atoms with Crippen molar-refractivity contribution in [2.75, 3.05) is 11.9 Å². The molecule has 0 aromatic heterocycles. The Labute approximate surface area is 108 Å². The average molecular weight is 250 g/mol. The summed E-state index contributed by atoms with van der Waals surface area (Å²) in [7, 11) is 0. The van der Waals surface area contributed by atoms with Crippen LogP contribution >= 0.6 is 12.2 Å². The third-order valence-corrected chi connectivity index (χ3v) is 2.14. The third-order valence-electron chi connectivity index (χ3n) is 1.89. The zero-order valence-corrected chi connectivity index (χ0v) is 11.0. The van der Waals surface area contributed by atoms with Gasteiger partial charge in [-0.05, 0) is 50.3 Å². The van der Waals surface area contributed by atoms with E-state index in [1.54, 1.807) is 6.08 Å². The molecule has 0 fully saturated rings. The van der Waals surface area contributed by atoms with Crippen LogP contribution in [0.25, 0.3) is 0 Å². The van der Waals surface area contributed by atoms with Crippen LogP contribution in [0.3, 0.4) is 0 Å². The van der Waals surface area contributed by atoms with Crippen molar-refractivity contribution in [3.05, 3.63) is 36.9 Å². The lowest BCUT2D eigenvalue weighted by Crippen LogP contribution is -2.28. The Bertz CT molecular complexity index is 374. The van der Waals surface area contributed by atoms with E-state index in [-0.39, 0.29) is 6.10 Å². The molecular weight excluding hydrogens is 232 g/mol. The van der Waals surface area contributed by atoms with E-state index in [2.05, 4.69) is 17.2 Å². The van der Waals surface area contributed by atoms with E-state index in [1.165, 1.54) is 0 Å². The minimum Gasteiger partial charge on any atom is -0.491 e. The molecule has 2 N–H and O–H groups in total. The maximum Gasteiger partial charge on any atom is 0.171 e. The van der Waals surface area contributed by atoms with Crippen LogP contribution in [0.4, 0.5) is 5.69 Å². The Balaban J connectivity index is 2.50. The quantitative estimate of drug-likeness (QED) is 0.622. The molecule has 0 aliphatic carbocycles. The van der Waals surface area contributed by atoms with E-state index >= 15 is 0 Å². The predicted octanol–water partition coefficient (Wildman–Crippen LogP) is 2.95. The molecule has 92 valence electrons. The summed E-state index contributed by atoms with van der Waals surface area (Å²) in [5.41, 5.74) is 0.933. The van der Waals surface area contributed by atoms with Crippen molar-refractivity contribution >= 4 is 23.0 Å². The fraction of sp³-hybridized carbons (Fsp3) is 0.308. The molecular formula is C13H18N2OS. The molecule has 0 radical (unpaired) electrons. The second-order valence-electron chi connectivity index (χ2n) is 3.81. The molecule has 0 amide bonds. The largest absolute Gasteiger partial charge is 0.491 e. The molecule has 4 heteroatoms. The second kappa shape index (κ2) is 6.91. The zero-order chi connectivity index (χ0) is 12.7. The molecule has 3 nitrogen and oxygen atoms in total. The summed E-state index contributed by atoms with van der Waals surface area (Å²) in [6.07, 6.45) is 1.94. The Morgan fingerprint density at radius 2 is 2.06 bits per heavy atom. The van der Waals surface area contributed by atoms with Crippen LogP contribution in [-0.4, -0.2) is 17.8 Å². The highest BCUT2D eigenvalue weighted by atomic mass is 32.1. The number of thiocarbonyl (C=S) groups is 1. The van der Waals surface area contributed by atoms with Gasteiger partial charge in [0.05, 0.1) is 6.10 Å². The van der Waals surface area contributed by atoms with Crippen molar-refractivity contribution in [3.63, 3.8) is 0 Å². The molecule has 0 atom stereocenters. The van der Waals surface area contributed by atoms with Crippen LogP contribution < -0.4 is 15.4 Å². The molecule has 0 unspecified atom stereocenters. The summed E-state index contributed by atoms with van der Waals surface area (Å²) < 4.78 is 5.55. The zero-order valence-electron chi connectivity index (χ0n) is 10.2. The van der Waals surface area contributed by atoms with Gasteiger partial charge >= 0.3 is 0 Å². The molecule has 1 aromatic rings. The van der Waals surface area contributed by atoms with Crippen LogP contribution in [0, 0.1) is 0 Å². The molecule has 1 aromatic carbocycles. The van der Waals surface area contributed by atoms with Gasteiger partial charge in [0, 0.05) is 12.2 Å². The molecule has 0 saturated heterocycles. The average Bonchev–Trinajstić information content (AvgIpc) is 2.28. The molecule has 0 bridgehead atoms. The van der Waals surface area contributed by atoms with Crippen LogP contribution in [0.1, 0.15) is 13.8 Å². The summed E-state index contributed by atoms with van der Waals surface area (Å²) in [6.45, 7) is 8.27. The number of hydrogen-bond donors (Lipinski definition) is 2. The van der Waals surface area contributed by atoms with Gasteiger partial charge in [-0.25, -0.2) is 0 Å².